The smallest absolute Gasteiger partial charge is 0.269 e. The topological polar surface area (TPSA) is 72.6 Å². The second-order valence-corrected chi connectivity index (χ2v) is 7.87. The van der Waals surface area contributed by atoms with E-state index in [4.69, 9.17) is 4.74 Å². The number of ether oxygens (including phenoxy) is 1. The molecule has 0 aliphatic carbocycles. The van der Waals surface area contributed by atoms with Gasteiger partial charge in [-0.15, -0.1) is 0 Å². The molecule has 0 atom stereocenters. The van der Waals surface area contributed by atoms with Gasteiger partial charge in [0.05, 0.1) is 18.6 Å². The fraction of sp³-hybridized carbons (Fsp3) is 0.300. The minimum absolute atomic E-state index is 0.0405. The number of hydrogen-bond acceptors (Lipinski definition) is 4. The lowest BCUT2D eigenvalue weighted by Gasteiger charge is -2.24. The van der Waals surface area contributed by atoms with Crippen LogP contribution >= 0.6 is 15.9 Å². The number of benzene rings is 2. The highest BCUT2D eigenvalue weighted by atomic mass is 79.9. The molecule has 0 fully saturated rings. The van der Waals surface area contributed by atoms with Crippen molar-refractivity contribution in [3.05, 3.63) is 67.2 Å². The van der Waals surface area contributed by atoms with Crippen LogP contribution in [0.4, 0.5) is 5.69 Å². The average molecular weight is 420 g/mol. The van der Waals surface area contributed by atoms with Gasteiger partial charge in [0.15, 0.2) is 0 Å². The first-order chi connectivity index (χ1) is 12.2. The number of non-ortho nitro benzene ring substituents is 1. The van der Waals surface area contributed by atoms with E-state index in [2.05, 4.69) is 36.7 Å². The molecule has 0 saturated carbocycles. The Bertz CT molecular complexity index is 854. The van der Waals surface area contributed by atoms with Crippen molar-refractivity contribution in [1.29, 1.82) is 0 Å². The van der Waals surface area contributed by atoms with Gasteiger partial charge in [0.25, 0.3) is 5.69 Å². The number of nitro benzene ring substituents is 1. The predicted molar refractivity (Wildman–Crippen MR) is 107 cm³/mol. The summed E-state index contributed by atoms with van der Waals surface area (Å²) in [6.45, 7) is 6.07. The Morgan fingerprint density at radius 2 is 1.85 bits per heavy atom. The van der Waals surface area contributed by atoms with E-state index < -0.39 is 4.92 Å². The van der Waals surface area contributed by atoms with Crippen molar-refractivity contribution in [1.82, 2.24) is 0 Å². The molecule has 0 aliphatic heterocycles. The van der Waals surface area contributed by atoms with Crippen LogP contribution in [-0.2, 0) is 12.0 Å². The summed E-state index contributed by atoms with van der Waals surface area (Å²) in [4.78, 5) is 10.4. The molecule has 2 aromatic rings. The quantitative estimate of drug-likeness (QED) is 0.403. The van der Waals surface area contributed by atoms with Crippen LogP contribution < -0.4 is 4.74 Å². The molecule has 138 valence electrons. The van der Waals surface area contributed by atoms with Crippen LogP contribution in [0.25, 0.3) is 12.2 Å². The van der Waals surface area contributed by atoms with Crippen molar-refractivity contribution in [2.75, 3.05) is 7.11 Å². The molecule has 0 aromatic heterocycles. The van der Waals surface area contributed by atoms with E-state index in [1.54, 1.807) is 13.2 Å². The van der Waals surface area contributed by atoms with Crippen LogP contribution in [0, 0.1) is 10.1 Å². The lowest BCUT2D eigenvalue weighted by atomic mass is 9.85. The standard InChI is InChI=1S/C20H22BrNO4/c1-20(2,3)18-11-16(21)9-14(19(18)26-4)6-5-13-7-8-17(22(24)25)10-15(13)12-23/h5-11,23H,12H2,1-4H3. The molecule has 0 radical (unpaired) electrons. The molecule has 0 unspecified atom stereocenters. The lowest BCUT2D eigenvalue weighted by Crippen LogP contribution is -2.13. The number of rotatable bonds is 5. The van der Waals surface area contributed by atoms with Crippen LogP contribution in [0.3, 0.4) is 0 Å². The Labute approximate surface area is 161 Å². The number of aliphatic hydroxyl groups is 1. The van der Waals surface area contributed by atoms with E-state index in [1.807, 2.05) is 24.3 Å². The fourth-order valence-corrected chi connectivity index (χ4v) is 3.18. The highest BCUT2D eigenvalue weighted by Gasteiger charge is 2.21. The van der Waals surface area contributed by atoms with Crippen LogP contribution in [0.15, 0.2) is 34.8 Å². The van der Waals surface area contributed by atoms with Gasteiger partial charge in [-0.25, -0.2) is 0 Å². The van der Waals surface area contributed by atoms with E-state index in [-0.39, 0.29) is 17.7 Å². The number of aliphatic hydroxyl groups excluding tert-OH is 1. The Balaban J connectivity index is 2.51. The van der Waals surface area contributed by atoms with Gasteiger partial charge in [0.1, 0.15) is 5.75 Å². The molecule has 0 aliphatic rings. The molecule has 1 N–H and O–H groups in total. The van der Waals surface area contributed by atoms with Crippen molar-refractivity contribution in [2.45, 2.75) is 32.8 Å². The molecule has 6 heteroatoms. The number of halogens is 1. The minimum atomic E-state index is -0.473. The number of methoxy groups -OCH3 is 1. The van der Waals surface area contributed by atoms with Gasteiger partial charge in [-0.05, 0) is 34.7 Å². The first kappa shape index (κ1) is 20.1. The molecule has 5 nitrogen and oxygen atoms in total. The van der Waals surface area contributed by atoms with Gasteiger partial charge in [-0.3, -0.25) is 10.1 Å². The van der Waals surface area contributed by atoms with Gasteiger partial charge in [-0.1, -0.05) is 48.9 Å². The van der Waals surface area contributed by atoms with Gasteiger partial charge in [0, 0.05) is 27.7 Å². The Morgan fingerprint density at radius 1 is 1.19 bits per heavy atom. The molecular formula is C20H22BrNO4. The summed E-state index contributed by atoms with van der Waals surface area (Å²) < 4.78 is 6.58. The van der Waals surface area contributed by atoms with Crippen molar-refractivity contribution >= 4 is 33.8 Å². The van der Waals surface area contributed by atoms with Gasteiger partial charge in [0.2, 0.25) is 0 Å². The second kappa shape index (κ2) is 8.01. The fourth-order valence-electron chi connectivity index (χ4n) is 2.71. The van der Waals surface area contributed by atoms with Crippen LogP contribution in [-0.4, -0.2) is 17.1 Å². The highest BCUT2D eigenvalue weighted by Crippen LogP contribution is 2.37. The summed E-state index contributed by atoms with van der Waals surface area (Å²) >= 11 is 3.54. The molecule has 0 spiro atoms. The Morgan fingerprint density at radius 3 is 2.38 bits per heavy atom. The van der Waals surface area contributed by atoms with Gasteiger partial charge < -0.3 is 9.84 Å². The normalized spacial score (nSPS) is 11.8. The largest absolute Gasteiger partial charge is 0.496 e. The van der Waals surface area contributed by atoms with Crippen molar-refractivity contribution in [3.8, 4) is 5.75 Å². The van der Waals surface area contributed by atoms with Gasteiger partial charge >= 0.3 is 0 Å². The molecule has 0 amide bonds. The molecule has 2 rings (SSSR count). The van der Waals surface area contributed by atoms with Crippen LogP contribution in [0.5, 0.6) is 5.75 Å². The van der Waals surface area contributed by atoms with E-state index >= 15 is 0 Å². The van der Waals surface area contributed by atoms with Crippen molar-refractivity contribution in [3.63, 3.8) is 0 Å². The zero-order chi connectivity index (χ0) is 19.5. The summed E-state index contributed by atoms with van der Waals surface area (Å²) in [5.41, 5.74) is 3.04. The van der Waals surface area contributed by atoms with Crippen molar-refractivity contribution in [2.24, 2.45) is 0 Å². The number of nitrogens with zero attached hydrogens (tertiary/aromatic N) is 1. The van der Waals surface area contributed by atoms with Crippen molar-refractivity contribution < 1.29 is 14.8 Å². The zero-order valence-electron chi connectivity index (χ0n) is 15.2. The summed E-state index contributed by atoms with van der Waals surface area (Å²) in [6.07, 6.45) is 3.71. The number of nitro groups is 1. The summed E-state index contributed by atoms with van der Waals surface area (Å²) in [5, 5.41) is 20.4. The maximum Gasteiger partial charge on any atom is 0.269 e. The third-order valence-electron chi connectivity index (χ3n) is 4.04. The number of hydrogen-bond donors (Lipinski definition) is 1. The molecule has 0 saturated heterocycles. The summed E-state index contributed by atoms with van der Waals surface area (Å²) in [7, 11) is 1.64. The SMILES string of the molecule is COc1c(C=Cc2ccc([N+](=O)[O-])cc2CO)cc(Br)cc1C(C)(C)C. The third-order valence-corrected chi connectivity index (χ3v) is 4.50. The van der Waals surface area contributed by atoms with E-state index in [9.17, 15) is 15.2 Å². The molecule has 26 heavy (non-hydrogen) atoms. The summed E-state index contributed by atoms with van der Waals surface area (Å²) in [5.74, 6) is 0.782. The third kappa shape index (κ3) is 4.51. The minimum Gasteiger partial charge on any atom is -0.496 e. The van der Waals surface area contributed by atoms with Crippen LogP contribution in [0.2, 0.25) is 0 Å². The van der Waals surface area contributed by atoms with Gasteiger partial charge in [-0.2, -0.15) is 0 Å². The maximum absolute atomic E-state index is 10.9. The Kier molecular flexibility index (Phi) is 6.21. The van der Waals surface area contributed by atoms with E-state index in [1.165, 1.54) is 12.1 Å². The second-order valence-electron chi connectivity index (χ2n) is 6.96. The van der Waals surface area contributed by atoms with Crippen LogP contribution in [0.1, 0.15) is 43.0 Å². The highest BCUT2D eigenvalue weighted by molar-refractivity contribution is 9.10. The zero-order valence-corrected chi connectivity index (χ0v) is 16.8. The van der Waals surface area contributed by atoms with E-state index in [0.29, 0.717) is 5.56 Å². The molecule has 0 heterocycles. The summed E-state index contributed by atoms with van der Waals surface area (Å²) in [6, 6.07) is 8.45. The first-order valence-electron chi connectivity index (χ1n) is 8.11. The first-order valence-corrected chi connectivity index (χ1v) is 8.91. The van der Waals surface area contributed by atoms with E-state index in [0.717, 1.165) is 26.9 Å². The molecule has 2 aromatic carbocycles. The predicted octanol–water partition coefficient (Wildman–Crippen LogP) is 5.33. The lowest BCUT2D eigenvalue weighted by molar-refractivity contribution is -0.384. The molecular weight excluding hydrogens is 398 g/mol. The Hall–Kier alpha value is -2.18. The maximum atomic E-state index is 10.9. The molecule has 0 bridgehead atoms. The monoisotopic (exact) mass is 419 g/mol. The average Bonchev–Trinajstić information content (AvgIpc) is 2.58.